The molecule has 1 aromatic carbocycles. The molecule has 0 aliphatic heterocycles. The Labute approximate surface area is 133 Å². The van der Waals surface area contributed by atoms with E-state index >= 15 is 0 Å². The zero-order chi connectivity index (χ0) is 16.2. The van der Waals surface area contributed by atoms with Gasteiger partial charge >= 0.3 is 0 Å². The Morgan fingerprint density at radius 3 is 2.36 bits per heavy atom. The van der Waals surface area contributed by atoms with E-state index in [4.69, 9.17) is 0 Å². The van der Waals surface area contributed by atoms with Crippen molar-refractivity contribution in [1.29, 1.82) is 0 Å². The van der Waals surface area contributed by atoms with Crippen molar-refractivity contribution < 1.29 is 5.11 Å². The summed E-state index contributed by atoms with van der Waals surface area (Å²) in [5.74, 6) is 0. The Morgan fingerprint density at radius 1 is 1.09 bits per heavy atom. The first kappa shape index (κ1) is 16.7. The second kappa shape index (κ2) is 7.03. The van der Waals surface area contributed by atoms with Gasteiger partial charge in [0, 0.05) is 25.0 Å². The van der Waals surface area contributed by atoms with Crippen molar-refractivity contribution in [2.24, 2.45) is 5.41 Å². The average Bonchev–Trinajstić information content (AvgIpc) is 2.47. The molecule has 0 saturated carbocycles. The minimum Gasteiger partial charge on any atom is -0.395 e. The van der Waals surface area contributed by atoms with Crippen molar-refractivity contribution in [3.8, 4) is 11.1 Å². The monoisotopic (exact) mass is 298 g/mol. The highest BCUT2D eigenvalue weighted by Gasteiger charge is 2.27. The van der Waals surface area contributed by atoms with Crippen molar-refractivity contribution >= 4 is 0 Å². The standard InChI is InChI=1S/C19H26N2O/c1-19(2,3)18(14-22)21(4)13-15-6-5-7-17(12-15)16-8-10-20-11-9-16/h5-12,18,22H,13-14H2,1-4H3. The summed E-state index contributed by atoms with van der Waals surface area (Å²) in [5.41, 5.74) is 3.67. The number of benzene rings is 1. The molecule has 0 aliphatic carbocycles. The van der Waals surface area contributed by atoms with E-state index in [1.807, 2.05) is 24.5 Å². The van der Waals surface area contributed by atoms with Crippen LogP contribution in [0.1, 0.15) is 26.3 Å². The first-order valence-electron chi connectivity index (χ1n) is 7.72. The van der Waals surface area contributed by atoms with Gasteiger partial charge in [0.1, 0.15) is 0 Å². The summed E-state index contributed by atoms with van der Waals surface area (Å²) in [5, 5.41) is 9.69. The van der Waals surface area contributed by atoms with E-state index in [9.17, 15) is 5.11 Å². The second-order valence-corrected chi connectivity index (χ2v) is 6.92. The Morgan fingerprint density at radius 2 is 1.77 bits per heavy atom. The third-order valence-corrected chi connectivity index (χ3v) is 4.08. The van der Waals surface area contributed by atoms with Crippen LogP contribution in [0.3, 0.4) is 0 Å². The van der Waals surface area contributed by atoms with E-state index in [2.05, 4.69) is 62.0 Å². The smallest absolute Gasteiger partial charge is 0.0591 e. The van der Waals surface area contributed by atoms with E-state index < -0.39 is 0 Å². The molecule has 22 heavy (non-hydrogen) atoms. The summed E-state index contributed by atoms with van der Waals surface area (Å²) in [4.78, 5) is 6.29. The van der Waals surface area contributed by atoms with Crippen LogP contribution in [-0.4, -0.2) is 34.7 Å². The lowest BCUT2D eigenvalue weighted by Gasteiger charge is -2.36. The largest absolute Gasteiger partial charge is 0.395 e. The van der Waals surface area contributed by atoms with Crippen molar-refractivity contribution in [2.75, 3.05) is 13.7 Å². The van der Waals surface area contributed by atoms with Gasteiger partial charge in [0.2, 0.25) is 0 Å². The van der Waals surface area contributed by atoms with Gasteiger partial charge in [-0.25, -0.2) is 0 Å². The summed E-state index contributed by atoms with van der Waals surface area (Å²) >= 11 is 0. The summed E-state index contributed by atoms with van der Waals surface area (Å²) < 4.78 is 0. The highest BCUT2D eigenvalue weighted by Crippen LogP contribution is 2.25. The van der Waals surface area contributed by atoms with E-state index in [0.717, 1.165) is 6.54 Å². The number of nitrogens with zero attached hydrogens (tertiary/aromatic N) is 2. The van der Waals surface area contributed by atoms with E-state index in [1.54, 1.807) is 0 Å². The van der Waals surface area contributed by atoms with Crippen LogP contribution in [0.4, 0.5) is 0 Å². The number of pyridine rings is 1. The highest BCUT2D eigenvalue weighted by molar-refractivity contribution is 5.63. The molecule has 0 amide bonds. The van der Waals surface area contributed by atoms with Gasteiger partial charge in [-0.2, -0.15) is 0 Å². The van der Waals surface area contributed by atoms with Gasteiger partial charge in [-0.15, -0.1) is 0 Å². The molecule has 3 heteroatoms. The van der Waals surface area contributed by atoms with Crippen molar-refractivity contribution in [1.82, 2.24) is 9.88 Å². The Balaban J connectivity index is 2.17. The van der Waals surface area contributed by atoms with Crippen molar-refractivity contribution in [3.05, 3.63) is 54.4 Å². The SMILES string of the molecule is CN(Cc1cccc(-c2ccncc2)c1)C(CO)C(C)(C)C. The molecule has 2 aromatic rings. The maximum Gasteiger partial charge on any atom is 0.0591 e. The van der Waals surface area contributed by atoms with Gasteiger partial charge in [-0.1, -0.05) is 39.0 Å². The van der Waals surface area contributed by atoms with E-state index in [0.29, 0.717) is 0 Å². The molecule has 118 valence electrons. The molecule has 0 bridgehead atoms. The molecular weight excluding hydrogens is 272 g/mol. The van der Waals surface area contributed by atoms with Gasteiger partial charge in [-0.3, -0.25) is 9.88 Å². The molecule has 0 radical (unpaired) electrons. The zero-order valence-corrected chi connectivity index (χ0v) is 14.0. The fraction of sp³-hybridized carbons (Fsp3) is 0.421. The lowest BCUT2D eigenvalue weighted by Crippen LogP contribution is -2.43. The van der Waals surface area contributed by atoms with Crippen molar-refractivity contribution in [3.63, 3.8) is 0 Å². The number of aliphatic hydroxyl groups excluding tert-OH is 1. The quantitative estimate of drug-likeness (QED) is 0.916. The molecule has 1 N–H and O–H groups in total. The second-order valence-electron chi connectivity index (χ2n) is 6.92. The summed E-state index contributed by atoms with van der Waals surface area (Å²) in [6.07, 6.45) is 3.63. The van der Waals surface area contributed by atoms with Gasteiger partial charge in [0.15, 0.2) is 0 Å². The van der Waals surface area contributed by atoms with Gasteiger partial charge in [0.05, 0.1) is 6.61 Å². The molecule has 3 nitrogen and oxygen atoms in total. The summed E-state index contributed by atoms with van der Waals surface area (Å²) in [6, 6.07) is 12.7. The number of hydrogen-bond donors (Lipinski definition) is 1. The molecule has 1 heterocycles. The first-order valence-corrected chi connectivity index (χ1v) is 7.72. The molecule has 1 unspecified atom stereocenters. The fourth-order valence-corrected chi connectivity index (χ4v) is 2.87. The van der Waals surface area contributed by atoms with Crippen LogP contribution in [0.5, 0.6) is 0 Å². The van der Waals surface area contributed by atoms with Crippen LogP contribution in [-0.2, 0) is 6.54 Å². The molecule has 2 rings (SSSR count). The summed E-state index contributed by atoms with van der Waals surface area (Å²) in [7, 11) is 2.07. The van der Waals surface area contributed by atoms with Gasteiger partial charge in [0.25, 0.3) is 0 Å². The number of aromatic nitrogens is 1. The van der Waals surface area contributed by atoms with E-state index in [-0.39, 0.29) is 18.1 Å². The normalized spacial score (nSPS) is 13.4. The first-order chi connectivity index (χ1) is 10.4. The fourth-order valence-electron chi connectivity index (χ4n) is 2.87. The topological polar surface area (TPSA) is 36.4 Å². The van der Waals surface area contributed by atoms with Crippen molar-refractivity contribution in [2.45, 2.75) is 33.4 Å². The molecule has 0 fully saturated rings. The summed E-state index contributed by atoms with van der Waals surface area (Å²) in [6.45, 7) is 7.48. The predicted octanol–water partition coefficient (Wildman–Crippen LogP) is 3.59. The highest BCUT2D eigenvalue weighted by atomic mass is 16.3. The molecule has 0 spiro atoms. The van der Waals surface area contributed by atoms with Crippen LogP contribution < -0.4 is 0 Å². The maximum atomic E-state index is 9.69. The van der Waals surface area contributed by atoms with Crippen LogP contribution in [0.2, 0.25) is 0 Å². The lowest BCUT2D eigenvalue weighted by atomic mass is 9.86. The van der Waals surface area contributed by atoms with E-state index in [1.165, 1.54) is 16.7 Å². The molecule has 1 atom stereocenters. The zero-order valence-electron chi connectivity index (χ0n) is 14.0. The Hall–Kier alpha value is -1.71. The average molecular weight is 298 g/mol. The molecule has 0 aliphatic rings. The number of rotatable bonds is 5. The predicted molar refractivity (Wildman–Crippen MR) is 91.5 cm³/mol. The molecule has 1 aromatic heterocycles. The van der Waals surface area contributed by atoms with Crippen LogP contribution in [0.25, 0.3) is 11.1 Å². The Bertz CT molecular complexity index is 590. The third-order valence-electron chi connectivity index (χ3n) is 4.08. The van der Waals surface area contributed by atoms with Crippen LogP contribution in [0.15, 0.2) is 48.8 Å². The van der Waals surface area contributed by atoms with Crippen LogP contribution in [0, 0.1) is 5.41 Å². The minimum absolute atomic E-state index is 0.0478. The van der Waals surface area contributed by atoms with Gasteiger partial charge in [-0.05, 0) is 47.4 Å². The number of likely N-dealkylation sites (N-methyl/N-ethyl adjacent to an activating group) is 1. The lowest BCUT2D eigenvalue weighted by molar-refractivity contribution is 0.0614. The van der Waals surface area contributed by atoms with Crippen LogP contribution >= 0.6 is 0 Å². The molecular formula is C19H26N2O. The minimum atomic E-state index is 0.0478. The van der Waals surface area contributed by atoms with Gasteiger partial charge < -0.3 is 5.11 Å². The third kappa shape index (κ3) is 4.15. The molecule has 0 saturated heterocycles. The Kier molecular flexibility index (Phi) is 5.33. The number of aliphatic hydroxyl groups is 1. The maximum absolute atomic E-state index is 9.69. The number of hydrogen-bond acceptors (Lipinski definition) is 3.